The second kappa shape index (κ2) is 3.50. The summed E-state index contributed by atoms with van der Waals surface area (Å²) in [6.07, 6.45) is 8.89. The molecule has 1 aromatic rings. The lowest BCUT2D eigenvalue weighted by Crippen LogP contribution is -2.35. The maximum atomic E-state index is 6.06. The van der Waals surface area contributed by atoms with Crippen molar-refractivity contribution in [1.29, 1.82) is 0 Å². The van der Waals surface area contributed by atoms with Crippen molar-refractivity contribution < 1.29 is 0 Å². The predicted molar refractivity (Wildman–Crippen MR) is 52.4 cm³/mol. The lowest BCUT2D eigenvalue weighted by atomic mass is 9.91. The highest BCUT2D eigenvalue weighted by Gasteiger charge is 2.23. The smallest absolute Gasteiger partial charge is 0.0670 e. The second-order valence-corrected chi connectivity index (χ2v) is 4.01. The van der Waals surface area contributed by atoms with Crippen molar-refractivity contribution in [1.82, 2.24) is 9.78 Å². The Kier molecular flexibility index (Phi) is 2.36. The van der Waals surface area contributed by atoms with Gasteiger partial charge in [-0.05, 0) is 25.3 Å². The molecule has 0 radical (unpaired) electrons. The van der Waals surface area contributed by atoms with E-state index in [0.29, 0.717) is 12.1 Å². The van der Waals surface area contributed by atoms with Gasteiger partial charge in [0.15, 0.2) is 0 Å². The Morgan fingerprint density at radius 2 is 2.23 bits per heavy atom. The van der Waals surface area contributed by atoms with Gasteiger partial charge in [-0.15, -0.1) is 0 Å². The lowest BCUT2D eigenvalue weighted by molar-refractivity contribution is 0.286. The predicted octanol–water partition coefficient (Wildman–Crippen LogP) is 1.63. The molecular weight excluding hydrogens is 162 g/mol. The van der Waals surface area contributed by atoms with E-state index in [1.165, 1.54) is 24.8 Å². The van der Waals surface area contributed by atoms with Crippen LogP contribution in [0.15, 0.2) is 12.4 Å². The summed E-state index contributed by atoms with van der Waals surface area (Å²) in [5.74, 6) is 0. The number of rotatable bonds is 1. The average Bonchev–Trinajstić information content (AvgIpc) is 2.53. The van der Waals surface area contributed by atoms with Gasteiger partial charge in [-0.2, -0.15) is 5.10 Å². The summed E-state index contributed by atoms with van der Waals surface area (Å²) >= 11 is 0. The average molecular weight is 179 g/mol. The molecule has 0 bridgehead atoms. The highest BCUT2D eigenvalue weighted by atomic mass is 15.3. The van der Waals surface area contributed by atoms with Crippen LogP contribution in [0.3, 0.4) is 0 Å². The van der Waals surface area contributed by atoms with Gasteiger partial charge < -0.3 is 5.73 Å². The Hall–Kier alpha value is -0.830. The van der Waals surface area contributed by atoms with Gasteiger partial charge in [-0.1, -0.05) is 12.8 Å². The van der Waals surface area contributed by atoms with Crippen molar-refractivity contribution in [2.24, 2.45) is 5.73 Å². The molecule has 0 aromatic carbocycles. The molecule has 1 aromatic heterocycles. The van der Waals surface area contributed by atoms with E-state index < -0.39 is 0 Å². The number of nitrogens with two attached hydrogens (primary N) is 1. The van der Waals surface area contributed by atoms with E-state index in [1.54, 1.807) is 0 Å². The third-order valence-electron chi connectivity index (χ3n) is 2.85. The molecule has 1 fully saturated rings. The van der Waals surface area contributed by atoms with Gasteiger partial charge in [0, 0.05) is 12.2 Å². The van der Waals surface area contributed by atoms with Gasteiger partial charge in [-0.3, -0.25) is 4.68 Å². The number of nitrogens with zero attached hydrogens (tertiary/aromatic N) is 2. The third kappa shape index (κ3) is 1.75. The summed E-state index contributed by atoms with van der Waals surface area (Å²) in [4.78, 5) is 0. The quantitative estimate of drug-likeness (QED) is 0.712. The topological polar surface area (TPSA) is 43.8 Å². The maximum absolute atomic E-state index is 6.06. The zero-order valence-corrected chi connectivity index (χ0v) is 8.11. The first-order valence-corrected chi connectivity index (χ1v) is 5.04. The molecule has 3 nitrogen and oxygen atoms in total. The Morgan fingerprint density at radius 3 is 2.85 bits per heavy atom. The molecule has 1 aliphatic rings. The van der Waals surface area contributed by atoms with E-state index in [9.17, 15) is 0 Å². The van der Waals surface area contributed by atoms with Crippen molar-refractivity contribution in [3.8, 4) is 0 Å². The minimum absolute atomic E-state index is 0.299. The minimum Gasteiger partial charge on any atom is -0.326 e. The summed E-state index contributed by atoms with van der Waals surface area (Å²) in [5.41, 5.74) is 7.28. The molecule has 2 rings (SSSR count). The van der Waals surface area contributed by atoms with Crippen molar-refractivity contribution in [2.75, 3.05) is 0 Å². The fourth-order valence-corrected chi connectivity index (χ4v) is 2.08. The zero-order chi connectivity index (χ0) is 9.26. The first kappa shape index (κ1) is 8.75. The molecule has 1 saturated carbocycles. The lowest BCUT2D eigenvalue weighted by Gasteiger charge is -2.28. The summed E-state index contributed by atoms with van der Waals surface area (Å²) in [7, 11) is 0. The molecule has 2 N–H and O–H groups in total. The summed E-state index contributed by atoms with van der Waals surface area (Å²) < 4.78 is 2.04. The van der Waals surface area contributed by atoms with E-state index in [0.717, 1.165) is 6.42 Å². The van der Waals surface area contributed by atoms with E-state index in [-0.39, 0.29) is 0 Å². The first-order chi connectivity index (χ1) is 6.27. The third-order valence-corrected chi connectivity index (χ3v) is 2.85. The number of hydrogen-bond acceptors (Lipinski definition) is 2. The molecule has 0 amide bonds. The molecule has 72 valence electrons. The van der Waals surface area contributed by atoms with Crippen molar-refractivity contribution in [3.05, 3.63) is 18.0 Å². The maximum Gasteiger partial charge on any atom is 0.0670 e. The molecule has 0 saturated heterocycles. The van der Waals surface area contributed by atoms with Crippen LogP contribution in [0.5, 0.6) is 0 Å². The molecular formula is C10H17N3. The second-order valence-electron chi connectivity index (χ2n) is 4.01. The van der Waals surface area contributed by atoms with Crippen LogP contribution in [0.1, 0.15) is 37.3 Å². The van der Waals surface area contributed by atoms with E-state index in [2.05, 4.69) is 18.2 Å². The molecule has 0 spiro atoms. The fourth-order valence-electron chi connectivity index (χ4n) is 2.08. The summed E-state index contributed by atoms with van der Waals surface area (Å²) in [6.45, 7) is 2.07. The van der Waals surface area contributed by atoms with Crippen LogP contribution >= 0.6 is 0 Å². The van der Waals surface area contributed by atoms with E-state index in [1.807, 2.05) is 10.9 Å². The van der Waals surface area contributed by atoms with Crippen LogP contribution < -0.4 is 5.73 Å². The zero-order valence-electron chi connectivity index (χ0n) is 8.11. The van der Waals surface area contributed by atoms with Gasteiger partial charge >= 0.3 is 0 Å². The number of aryl methyl sites for hydroxylation is 1. The molecule has 1 heterocycles. The fraction of sp³-hybridized carbons (Fsp3) is 0.700. The molecule has 0 aliphatic heterocycles. The van der Waals surface area contributed by atoms with Crippen LogP contribution in [0, 0.1) is 6.92 Å². The Bertz CT molecular complexity index is 279. The van der Waals surface area contributed by atoms with E-state index in [4.69, 9.17) is 5.73 Å². The van der Waals surface area contributed by atoms with Crippen molar-refractivity contribution >= 4 is 0 Å². The van der Waals surface area contributed by atoms with Gasteiger partial charge in [0.1, 0.15) is 0 Å². The largest absolute Gasteiger partial charge is 0.326 e. The van der Waals surface area contributed by atoms with Crippen LogP contribution in [0.4, 0.5) is 0 Å². The van der Waals surface area contributed by atoms with Crippen LogP contribution in [-0.4, -0.2) is 15.8 Å². The highest BCUT2D eigenvalue weighted by molar-refractivity contribution is 5.01. The first-order valence-electron chi connectivity index (χ1n) is 5.04. The highest BCUT2D eigenvalue weighted by Crippen LogP contribution is 2.26. The number of aromatic nitrogens is 2. The van der Waals surface area contributed by atoms with Gasteiger partial charge in [0.05, 0.1) is 12.2 Å². The number of hydrogen-bond donors (Lipinski definition) is 1. The SMILES string of the molecule is Cc1cnn([C@@H]2CCCC[C@H]2N)c1. The van der Waals surface area contributed by atoms with Crippen LogP contribution in [0.25, 0.3) is 0 Å². The molecule has 1 aliphatic carbocycles. The van der Waals surface area contributed by atoms with Gasteiger partial charge in [0.25, 0.3) is 0 Å². The van der Waals surface area contributed by atoms with Gasteiger partial charge in [-0.25, -0.2) is 0 Å². The Morgan fingerprint density at radius 1 is 1.46 bits per heavy atom. The monoisotopic (exact) mass is 179 g/mol. The van der Waals surface area contributed by atoms with Crippen molar-refractivity contribution in [2.45, 2.75) is 44.7 Å². The van der Waals surface area contributed by atoms with Gasteiger partial charge in [0.2, 0.25) is 0 Å². The standard InChI is InChI=1S/C10H17N3/c1-8-6-12-13(7-8)10-5-3-2-4-9(10)11/h6-7,9-10H,2-5,11H2,1H3/t9-,10-/m1/s1. The van der Waals surface area contributed by atoms with Crippen molar-refractivity contribution in [3.63, 3.8) is 0 Å². The normalized spacial score (nSPS) is 29.1. The van der Waals surface area contributed by atoms with Crippen LogP contribution in [0.2, 0.25) is 0 Å². The minimum atomic E-state index is 0.299. The Labute approximate surface area is 78.9 Å². The Balaban J connectivity index is 2.14. The summed E-state index contributed by atoms with van der Waals surface area (Å²) in [5, 5.41) is 4.33. The summed E-state index contributed by atoms with van der Waals surface area (Å²) in [6, 6.07) is 0.732. The molecule has 3 heteroatoms. The molecule has 0 unspecified atom stereocenters. The molecule has 2 atom stereocenters. The van der Waals surface area contributed by atoms with Crippen LogP contribution in [-0.2, 0) is 0 Å². The van der Waals surface area contributed by atoms with E-state index >= 15 is 0 Å². The molecule has 13 heavy (non-hydrogen) atoms.